The first-order valence-electron chi connectivity index (χ1n) is 9.35. The van der Waals surface area contributed by atoms with Crippen LogP contribution < -0.4 is 11.1 Å². The summed E-state index contributed by atoms with van der Waals surface area (Å²) in [4.78, 5) is 4.45. The number of nitrogens with one attached hydrogen (secondary N) is 1. The Morgan fingerprint density at radius 2 is 1.62 bits per heavy atom. The molecule has 3 nitrogen and oxygen atoms in total. The highest BCUT2D eigenvalue weighted by Crippen LogP contribution is 2.38. The summed E-state index contributed by atoms with van der Waals surface area (Å²) in [6.45, 7) is 0.857. The summed E-state index contributed by atoms with van der Waals surface area (Å²) >= 11 is 12.1. The van der Waals surface area contributed by atoms with E-state index in [4.69, 9.17) is 28.9 Å². The van der Waals surface area contributed by atoms with Gasteiger partial charge in [0.05, 0.1) is 5.52 Å². The predicted molar refractivity (Wildman–Crippen MR) is 128 cm³/mol. The Bertz CT molecular complexity index is 938. The Labute approximate surface area is 194 Å². The van der Waals surface area contributed by atoms with Crippen LogP contribution in [0, 0.1) is 0 Å². The van der Waals surface area contributed by atoms with E-state index in [1.165, 1.54) is 11.1 Å². The second-order valence-electron chi connectivity index (χ2n) is 7.46. The molecule has 1 heterocycles. The van der Waals surface area contributed by atoms with Crippen molar-refractivity contribution in [2.75, 3.05) is 0 Å². The summed E-state index contributed by atoms with van der Waals surface area (Å²) in [6.07, 6.45) is 5.86. The normalized spacial score (nSPS) is 21.3. The van der Waals surface area contributed by atoms with E-state index in [1.807, 2.05) is 36.5 Å². The number of rotatable bonds is 4. The summed E-state index contributed by atoms with van der Waals surface area (Å²) in [5, 5.41) is 6.25. The minimum Gasteiger partial charge on any atom is -0.321 e. The molecule has 4 rings (SSSR count). The van der Waals surface area contributed by atoms with Crippen molar-refractivity contribution in [3.8, 4) is 0 Å². The average molecular weight is 473 g/mol. The zero-order valence-corrected chi connectivity index (χ0v) is 19.1. The molecule has 1 saturated carbocycles. The van der Waals surface area contributed by atoms with Crippen molar-refractivity contribution in [1.82, 2.24) is 10.3 Å². The molecule has 3 aromatic rings. The molecule has 7 heteroatoms. The standard InChI is InChI=1S/C22H23Cl2N3.2ClH/c23-16-3-1-15(2-4-16)14-27-18-7-10-22(25,11-8-18)20-9-12-26-21-13-17(24)5-6-19(20)21;;/h1-6,9,12-13,18,27H,7-8,10-11,14,25H2;2*1H. The number of hydrogen-bond donors (Lipinski definition) is 2. The number of pyridine rings is 1. The van der Waals surface area contributed by atoms with Crippen molar-refractivity contribution in [2.24, 2.45) is 5.73 Å². The second kappa shape index (κ2) is 10.3. The quantitative estimate of drug-likeness (QED) is 0.470. The molecule has 0 radical (unpaired) electrons. The highest BCUT2D eigenvalue weighted by atomic mass is 35.5. The Hall–Kier alpha value is -1.07. The van der Waals surface area contributed by atoms with Gasteiger partial charge in [-0.15, -0.1) is 24.8 Å². The lowest BCUT2D eigenvalue weighted by Gasteiger charge is -2.38. The summed E-state index contributed by atoms with van der Waals surface area (Å²) in [5.74, 6) is 0. The van der Waals surface area contributed by atoms with Crippen molar-refractivity contribution >= 4 is 58.9 Å². The maximum Gasteiger partial charge on any atom is 0.0720 e. The number of aromatic nitrogens is 1. The van der Waals surface area contributed by atoms with Gasteiger partial charge in [-0.3, -0.25) is 4.98 Å². The van der Waals surface area contributed by atoms with Gasteiger partial charge in [0.1, 0.15) is 0 Å². The van der Waals surface area contributed by atoms with Gasteiger partial charge in [-0.1, -0.05) is 41.4 Å². The van der Waals surface area contributed by atoms with E-state index in [9.17, 15) is 0 Å². The molecular weight excluding hydrogens is 448 g/mol. The van der Waals surface area contributed by atoms with Crippen molar-refractivity contribution in [1.29, 1.82) is 0 Å². The molecule has 0 amide bonds. The van der Waals surface area contributed by atoms with E-state index < -0.39 is 0 Å². The molecule has 3 N–H and O–H groups in total. The molecule has 0 unspecified atom stereocenters. The summed E-state index contributed by atoms with van der Waals surface area (Å²) in [5.41, 5.74) is 9.90. The zero-order valence-electron chi connectivity index (χ0n) is 15.9. The maximum atomic E-state index is 6.87. The van der Waals surface area contributed by atoms with Gasteiger partial charge < -0.3 is 11.1 Å². The number of hydrogen-bond acceptors (Lipinski definition) is 3. The van der Waals surface area contributed by atoms with E-state index in [0.717, 1.165) is 48.2 Å². The molecule has 156 valence electrons. The van der Waals surface area contributed by atoms with Crippen LogP contribution in [-0.4, -0.2) is 11.0 Å². The van der Waals surface area contributed by atoms with Gasteiger partial charge in [0.15, 0.2) is 0 Å². The fourth-order valence-corrected chi connectivity index (χ4v) is 4.32. The van der Waals surface area contributed by atoms with Gasteiger partial charge in [0, 0.05) is 39.8 Å². The third kappa shape index (κ3) is 5.55. The minimum absolute atomic E-state index is 0. The largest absolute Gasteiger partial charge is 0.321 e. The van der Waals surface area contributed by atoms with Crippen molar-refractivity contribution in [3.05, 3.63) is 75.9 Å². The highest BCUT2D eigenvalue weighted by Gasteiger charge is 2.34. The molecular formula is C22H25Cl4N3. The van der Waals surface area contributed by atoms with Crippen LogP contribution in [0.2, 0.25) is 10.0 Å². The first-order valence-corrected chi connectivity index (χ1v) is 10.1. The van der Waals surface area contributed by atoms with Crippen molar-refractivity contribution < 1.29 is 0 Å². The summed E-state index contributed by atoms with van der Waals surface area (Å²) in [6, 6.07) is 16.4. The van der Waals surface area contributed by atoms with Gasteiger partial charge in [-0.05, 0) is 67.1 Å². The van der Waals surface area contributed by atoms with Crippen LogP contribution in [0.15, 0.2) is 54.7 Å². The van der Waals surface area contributed by atoms with E-state index in [1.54, 1.807) is 0 Å². The molecule has 2 aromatic carbocycles. The lowest BCUT2D eigenvalue weighted by molar-refractivity contribution is 0.252. The molecule has 0 saturated heterocycles. The number of benzene rings is 2. The summed E-state index contributed by atoms with van der Waals surface area (Å²) in [7, 11) is 0. The molecule has 1 aliphatic carbocycles. The van der Waals surface area contributed by atoms with Crippen LogP contribution in [0.5, 0.6) is 0 Å². The summed E-state index contributed by atoms with van der Waals surface area (Å²) < 4.78 is 0. The van der Waals surface area contributed by atoms with Gasteiger partial charge >= 0.3 is 0 Å². The van der Waals surface area contributed by atoms with Crippen molar-refractivity contribution in [2.45, 2.75) is 43.8 Å². The van der Waals surface area contributed by atoms with Gasteiger partial charge in [-0.25, -0.2) is 0 Å². The van der Waals surface area contributed by atoms with E-state index in [0.29, 0.717) is 11.1 Å². The topological polar surface area (TPSA) is 50.9 Å². The lowest BCUT2D eigenvalue weighted by atomic mass is 9.74. The van der Waals surface area contributed by atoms with Gasteiger partial charge in [0.25, 0.3) is 0 Å². The molecule has 1 aliphatic rings. The van der Waals surface area contributed by atoms with Crippen LogP contribution in [0.4, 0.5) is 0 Å². The van der Waals surface area contributed by atoms with Crippen LogP contribution in [0.1, 0.15) is 36.8 Å². The first kappa shape index (κ1) is 24.2. The Balaban J connectivity index is 0.00000150. The molecule has 0 bridgehead atoms. The Morgan fingerprint density at radius 1 is 0.966 bits per heavy atom. The van der Waals surface area contributed by atoms with Crippen molar-refractivity contribution in [3.63, 3.8) is 0 Å². The van der Waals surface area contributed by atoms with Crippen LogP contribution >= 0.6 is 48.0 Å². The third-order valence-corrected chi connectivity index (χ3v) is 6.11. The number of fused-ring (bicyclic) bond motifs is 1. The Kier molecular flexibility index (Phi) is 8.59. The minimum atomic E-state index is -0.312. The van der Waals surface area contributed by atoms with Crippen LogP contribution in [-0.2, 0) is 12.1 Å². The monoisotopic (exact) mass is 471 g/mol. The number of halogens is 4. The number of nitrogens with zero attached hydrogens (tertiary/aromatic N) is 1. The molecule has 0 atom stereocenters. The fraction of sp³-hybridized carbons (Fsp3) is 0.318. The molecule has 1 aromatic heterocycles. The highest BCUT2D eigenvalue weighted by molar-refractivity contribution is 6.31. The third-order valence-electron chi connectivity index (χ3n) is 5.63. The molecule has 29 heavy (non-hydrogen) atoms. The van der Waals surface area contributed by atoms with E-state index >= 15 is 0 Å². The molecule has 0 spiro atoms. The second-order valence-corrected chi connectivity index (χ2v) is 8.33. The molecule has 0 aliphatic heterocycles. The van der Waals surface area contributed by atoms with Crippen LogP contribution in [0.3, 0.4) is 0 Å². The average Bonchev–Trinajstić information content (AvgIpc) is 2.68. The Morgan fingerprint density at radius 3 is 2.31 bits per heavy atom. The van der Waals surface area contributed by atoms with Gasteiger partial charge in [0.2, 0.25) is 0 Å². The number of nitrogens with two attached hydrogens (primary N) is 1. The van der Waals surface area contributed by atoms with E-state index in [2.05, 4.69) is 28.5 Å². The van der Waals surface area contributed by atoms with E-state index in [-0.39, 0.29) is 30.4 Å². The maximum absolute atomic E-state index is 6.87. The predicted octanol–water partition coefficient (Wildman–Crippen LogP) is 6.27. The zero-order chi connectivity index (χ0) is 18.9. The fourth-order valence-electron chi connectivity index (χ4n) is 4.03. The molecule has 1 fully saturated rings. The lowest BCUT2D eigenvalue weighted by Crippen LogP contribution is -2.45. The van der Waals surface area contributed by atoms with Gasteiger partial charge in [-0.2, -0.15) is 0 Å². The SMILES string of the molecule is Cl.Cl.NC1(c2ccnc3cc(Cl)ccc23)CCC(NCc2ccc(Cl)cc2)CC1. The van der Waals surface area contributed by atoms with Crippen LogP contribution in [0.25, 0.3) is 10.9 Å². The first-order chi connectivity index (χ1) is 13.0. The smallest absolute Gasteiger partial charge is 0.0720 e.